The number of carbonyl (C=O) groups is 1. The van der Waals surface area contributed by atoms with E-state index >= 15 is 0 Å². The highest BCUT2D eigenvalue weighted by molar-refractivity contribution is 5.80. The molecule has 5 heteroatoms. The molecule has 0 saturated carbocycles. The van der Waals surface area contributed by atoms with E-state index in [2.05, 4.69) is 28.8 Å². The Morgan fingerprint density at radius 1 is 1.32 bits per heavy atom. The third-order valence-electron chi connectivity index (χ3n) is 3.48. The van der Waals surface area contributed by atoms with Gasteiger partial charge in [0.15, 0.2) is 6.10 Å². The maximum absolute atomic E-state index is 11.9. The van der Waals surface area contributed by atoms with Crippen molar-refractivity contribution >= 4 is 5.91 Å². The summed E-state index contributed by atoms with van der Waals surface area (Å²) < 4.78 is 10.6. The largest absolute Gasteiger partial charge is 0.376 e. The minimum absolute atomic E-state index is 0.0988. The summed E-state index contributed by atoms with van der Waals surface area (Å²) in [6, 6.07) is 6.33. The molecule has 0 radical (unpaired) electrons. The molecule has 2 heterocycles. The third kappa shape index (κ3) is 2.94. The number of hydrogen-bond acceptors (Lipinski definition) is 4. The van der Waals surface area contributed by atoms with Crippen LogP contribution in [0, 0.1) is 0 Å². The zero-order valence-corrected chi connectivity index (χ0v) is 10.8. The minimum Gasteiger partial charge on any atom is -0.376 e. The van der Waals surface area contributed by atoms with Crippen molar-refractivity contribution < 1.29 is 14.3 Å². The van der Waals surface area contributed by atoms with Crippen LogP contribution >= 0.6 is 0 Å². The van der Waals surface area contributed by atoms with Crippen LogP contribution in [-0.2, 0) is 33.9 Å². The second-order valence-corrected chi connectivity index (χ2v) is 4.86. The number of fused-ring (bicyclic) bond motifs is 1. The molecule has 0 aromatic heterocycles. The first-order chi connectivity index (χ1) is 9.33. The molecule has 3 rings (SSSR count). The van der Waals surface area contributed by atoms with Gasteiger partial charge in [0.2, 0.25) is 0 Å². The zero-order chi connectivity index (χ0) is 13.1. The predicted octanol–water partition coefficient (Wildman–Crippen LogP) is 0.321. The number of hydrogen-bond donors (Lipinski definition) is 2. The minimum atomic E-state index is -0.468. The van der Waals surface area contributed by atoms with Gasteiger partial charge in [0, 0.05) is 19.6 Å². The average molecular weight is 262 g/mol. The van der Waals surface area contributed by atoms with Gasteiger partial charge in [-0.05, 0) is 16.7 Å². The molecule has 0 bridgehead atoms. The topological polar surface area (TPSA) is 59.6 Å². The summed E-state index contributed by atoms with van der Waals surface area (Å²) in [5, 5.41) is 6.20. The van der Waals surface area contributed by atoms with Crippen molar-refractivity contribution in [2.45, 2.75) is 25.7 Å². The van der Waals surface area contributed by atoms with E-state index in [4.69, 9.17) is 9.47 Å². The van der Waals surface area contributed by atoms with Crippen LogP contribution in [0.15, 0.2) is 18.2 Å². The summed E-state index contributed by atoms with van der Waals surface area (Å²) >= 11 is 0. The van der Waals surface area contributed by atoms with E-state index in [-0.39, 0.29) is 5.91 Å². The maximum Gasteiger partial charge on any atom is 0.251 e. The van der Waals surface area contributed by atoms with Crippen LogP contribution in [0.4, 0.5) is 0 Å². The fourth-order valence-electron chi connectivity index (χ4n) is 2.40. The van der Waals surface area contributed by atoms with Crippen molar-refractivity contribution in [3.63, 3.8) is 0 Å². The molecule has 2 N–H and O–H groups in total. The van der Waals surface area contributed by atoms with E-state index in [1.165, 1.54) is 11.1 Å². The SMILES string of the molecule is O=C(NCc1ccc2c(c1)CNC2)C1COCCO1. The Kier molecular flexibility index (Phi) is 3.77. The summed E-state index contributed by atoms with van der Waals surface area (Å²) in [6.45, 7) is 3.79. The van der Waals surface area contributed by atoms with Gasteiger partial charge in [-0.3, -0.25) is 4.79 Å². The highest BCUT2D eigenvalue weighted by Gasteiger charge is 2.22. The van der Waals surface area contributed by atoms with E-state index in [0.29, 0.717) is 26.4 Å². The van der Waals surface area contributed by atoms with Crippen molar-refractivity contribution in [1.82, 2.24) is 10.6 Å². The molecule has 1 saturated heterocycles. The predicted molar refractivity (Wildman–Crippen MR) is 69.4 cm³/mol. The summed E-state index contributed by atoms with van der Waals surface area (Å²) in [7, 11) is 0. The number of carbonyl (C=O) groups excluding carboxylic acids is 1. The van der Waals surface area contributed by atoms with E-state index in [0.717, 1.165) is 18.7 Å². The second kappa shape index (κ2) is 5.69. The van der Waals surface area contributed by atoms with Crippen LogP contribution in [0.5, 0.6) is 0 Å². The molecule has 2 aliphatic heterocycles. The van der Waals surface area contributed by atoms with E-state index < -0.39 is 6.10 Å². The lowest BCUT2D eigenvalue weighted by Crippen LogP contribution is -2.42. The molecule has 1 amide bonds. The van der Waals surface area contributed by atoms with Crippen LogP contribution < -0.4 is 10.6 Å². The Bertz CT molecular complexity index is 470. The first kappa shape index (κ1) is 12.6. The molecule has 1 fully saturated rings. The van der Waals surface area contributed by atoms with Crippen LogP contribution in [0.3, 0.4) is 0 Å². The lowest BCUT2D eigenvalue weighted by atomic mass is 10.1. The van der Waals surface area contributed by atoms with Crippen molar-refractivity contribution in [3.8, 4) is 0 Å². The zero-order valence-electron chi connectivity index (χ0n) is 10.8. The molecule has 5 nitrogen and oxygen atoms in total. The Labute approximate surface area is 112 Å². The van der Waals surface area contributed by atoms with E-state index in [1.54, 1.807) is 0 Å². The molecule has 1 aromatic rings. The molecule has 0 aliphatic carbocycles. The Balaban J connectivity index is 1.55. The highest BCUT2D eigenvalue weighted by atomic mass is 16.6. The van der Waals surface area contributed by atoms with Crippen LogP contribution in [0.2, 0.25) is 0 Å². The lowest BCUT2D eigenvalue weighted by molar-refractivity contribution is -0.147. The monoisotopic (exact) mass is 262 g/mol. The van der Waals surface area contributed by atoms with Gasteiger partial charge in [-0.25, -0.2) is 0 Å². The molecule has 19 heavy (non-hydrogen) atoms. The summed E-state index contributed by atoms with van der Waals surface area (Å²) in [5.74, 6) is -0.0988. The number of rotatable bonds is 3. The van der Waals surface area contributed by atoms with Crippen LogP contribution in [0.1, 0.15) is 16.7 Å². The van der Waals surface area contributed by atoms with Gasteiger partial charge >= 0.3 is 0 Å². The van der Waals surface area contributed by atoms with Gasteiger partial charge in [0.25, 0.3) is 5.91 Å². The molecule has 102 valence electrons. The normalized spacial score (nSPS) is 22.0. The number of nitrogens with one attached hydrogen (secondary N) is 2. The quantitative estimate of drug-likeness (QED) is 0.823. The van der Waals surface area contributed by atoms with Crippen molar-refractivity contribution in [3.05, 3.63) is 34.9 Å². The van der Waals surface area contributed by atoms with Crippen molar-refractivity contribution in [2.75, 3.05) is 19.8 Å². The molecular formula is C14H18N2O3. The third-order valence-corrected chi connectivity index (χ3v) is 3.48. The fraction of sp³-hybridized carbons (Fsp3) is 0.500. The highest BCUT2D eigenvalue weighted by Crippen LogP contribution is 2.16. The van der Waals surface area contributed by atoms with Crippen molar-refractivity contribution in [1.29, 1.82) is 0 Å². The Hall–Kier alpha value is -1.43. The number of amides is 1. The first-order valence-corrected chi connectivity index (χ1v) is 6.61. The summed E-state index contributed by atoms with van der Waals surface area (Å²) in [6.07, 6.45) is -0.468. The summed E-state index contributed by atoms with van der Waals surface area (Å²) in [5.41, 5.74) is 3.79. The molecule has 1 atom stereocenters. The standard InChI is InChI=1S/C14H18N2O3/c17-14(13-9-18-3-4-19-13)16-6-10-1-2-11-7-15-8-12(11)5-10/h1-2,5,13,15H,3-4,6-9H2,(H,16,17). The van der Waals surface area contributed by atoms with E-state index in [1.807, 2.05) is 0 Å². The van der Waals surface area contributed by atoms with Gasteiger partial charge in [0.05, 0.1) is 19.8 Å². The smallest absolute Gasteiger partial charge is 0.251 e. The number of benzene rings is 1. The van der Waals surface area contributed by atoms with Crippen molar-refractivity contribution in [2.24, 2.45) is 0 Å². The molecular weight excluding hydrogens is 244 g/mol. The maximum atomic E-state index is 11.9. The molecule has 0 spiro atoms. The van der Waals surface area contributed by atoms with E-state index in [9.17, 15) is 4.79 Å². The lowest BCUT2D eigenvalue weighted by Gasteiger charge is -2.22. The molecule has 2 aliphatic rings. The fourth-order valence-corrected chi connectivity index (χ4v) is 2.40. The van der Waals surface area contributed by atoms with Gasteiger partial charge in [0.1, 0.15) is 0 Å². The average Bonchev–Trinajstić information content (AvgIpc) is 2.93. The Morgan fingerprint density at radius 3 is 3.05 bits per heavy atom. The first-order valence-electron chi connectivity index (χ1n) is 6.61. The second-order valence-electron chi connectivity index (χ2n) is 4.86. The van der Waals surface area contributed by atoms with Gasteiger partial charge in [-0.2, -0.15) is 0 Å². The number of ether oxygens (including phenoxy) is 2. The van der Waals surface area contributed by atoms with Gasteiger partial charge in [-0.1, -0.05) is 18.2 Å². The van der Waals surface area contributed by atoms with Crippen LogP contribution in [0.25, 0.3) is 0 Å². The molecule has 1 aromatic carbocycles. The Morgan fingerprint density at radius 2 is 2.21 bits per heavy atom. The summed E-state index contributed by atoms with van der Waals surface area (Å²) in [4.78, 5) is 11.9. The van der Waals surface area contributed by atoms with Crippen LogP contribution in [-0.4, -0.2) is 31.8 Å². The molecule has 1 unspecified atom stereocenters. The van der Waals surface area contributed by atoms with Gasteiger partial charge < -0.3 is 20.1 Å². The van der Waals surface area contributed by atoms with Gasteiger partial charge in [-0.15, -0.1) is 0 Å².